The molecule has 1 aliphatic carbocycles. The Morgan fingerprint density at radius 2 is 1.84 bits per heavy atom. The van der Waals surface area contributed by atoms with Gasteiger partial charge in [0.25, 0.3) is 5.91 Å². The summed E-state index contributed by atoms with van der Waals surface area (Å²) in [5.41, 5.74) is 10.3. The molecular formula is C26H32F2N4O4S. The first-order chi connectivity index (χ1) is 17.5. The third-order valence-corrected chi connectivity index (χ3v) is 7.03. The van der Waals surface area contributed by atoms with E-state index in [9.17, 15) is 23.2 Å². The molecule has 0 radical (unpaired) electrons. The second-order valence-electron chi connectivity index (χ2n) is 9.40. The summed E-state index contributed by atoms with van der Waals surface area (Å²) < 4.78 is 35.4. The Morgan fingerprint density at radius 3 is 2.46 bits per heavy atom. The molecule has 37 heavy (non-hydrogen) atoms. The number of rotatable bonds is 11. The highest BCUT2D eigenvalue weighted by Crippen LogP contribution is 2.37. The standard InChI is InChI=1S/C26H32F2N4O4S/c1-14(2)10-21(25(34)36-16-7-3-4-8-16)31-9-5-6-15-11-20(28)17(12-19(15)27)22-13-18(23(29)33)24(37-22)32-26(30)35/h5-6,11-14,16,21,31H,3-4,7-10H2,1-2H3,(H2,29,33)(H3,30,32,35)/b6-5+/t21-/m1/s1. The number of urea groups is 1. The molecule has 6 N–H and O–H groups in total. The molecule has 0 bridgehead atoms. The van der Waals surface area contributed by atoms with Gasteiger partial charge in [-0.05, 0) is 56.2 Å². The largest absolute Gasteiger partial charge is 0.461 e. The lowest BCUT2D eigenvalue weighted by atomic mass is 10.0. The van der Waals surface area contributed by atoms with Crippen molar-refractivity contribution in [1.82, 2.24) is 5.32 Å². The molecule has 3 amide bonds. The monoisotopic (exact) mass is 534 g/mol. The van der Waals surface area contributed by atoms with E-state index in [0.29, 0.717) is 6.42 Å². The van der Waals surface area contributed by atoms with Crippen molar-refractivity contribution in [3.63, 3.8) is 0 Å². The maximum absolute atomic E-state index is 14.9. The summed E-state index contributed by atoms with van der Waals surface area (Å²) in [5.74, 6) is -2.28. The van der Waals surface area contributed by atoms with Crippen LogP contribution in [0.25, 0.3) is 16.5 Å². The number of nitrogens with one attached hydrogen (secondary N) is 2. The number of hydrogen-bond acceptors (Lipinski definition) is 6. The zero-order chi connectivity index (χ0) is 27.1. The Labute approximate surface area is 218 Å². The van der Waals surface area contributed by atoms with Crippen LogP contribution in [0.4, 0.5) is 18.6 Å². The maximum Gasteiger partial charge on any atom is 0.323 e. The molecule has 1 aromatic carbocycles. The van der Waals surface area contributed by atoms with Gasteiger partial charge in [-0.15, -0.1) is 11.3 Å². The van der Waals surface area contributed by atoms with E-state index in [1.165, 1.54) is 12.1 Å². The van der Waals surface area contributed by atoms with E-state index >= 15 is 0 Å². The van der Waals surface area contributed by atoms with Gasteiger partial charge in [-0.3, -0.25) is 14.9 Å². The second kappa shape index (κ2) is 12.8. The van der Waals surface area contributed by atoms with Gasteiger partial charge in [0.2, 0.25) is 0 Å². The molecule has 1 atom stereocenters. The topological polar surface area (TPSA) is 137 Å². The van der Waals surface area contributed by atoms with Gasteiger partial charge in [0.15, 0.2) is 0 Å². The Balaban J connectivity index is 1.70. The number of thiophene rings is 1. The lowest BCUT2D eigenvalue weighted by Crippen LogP contribution is -2.40. The maximum atomic E-state index is 14.9. The van der Waals surface area contributed by atoms with Gasteiger partial charge in [0.1, 0.15) is 28.8 Å². The average Bonchev–Trinajstić information content (AvgIpc) is 3.47. The molecule has 8 nitrogen and oxygen atoms in total. The fourth-order valence-corrected chi connectivity index (χ4v) is 5.26. The van der Waals surface area contributed by atoms with Gasteiger partial charge < -0.3 is 21.5 Å². The third kappa shape index (κ3) is 7.83. The molecule has 1 aromatic heterocycles. The second-order valence-corrected chi connectivity index (χ2v) is 10.4. The Bertz CT molecular complexity index is 1180. The molecule has 3 rings (SSSR count). The van der Waals surface area contributed by atoms with E-state index < -0.39 is 29.6 Å². The predicted molar refractivity (Wildman–Crippen MR) is 140 cm³/mol. The van der Waals surface area contributed by atoms with E-state index in [1.54, 1.807) is 6.08 Å². The van der Waals surface area contributed by atoms with E-state index in [1.807, 2.05) is 13.8 Å². The van der Waals surface area contributed by atoms with Gasteiger partial charge in [-0.2, -0.15) is 0 Å². The van der Waals surface area contributed by atoms with Crippen molar-refractivity contribution in [2.24, 2.45) is 17.4 Å². The SMILES string of the molecule is CC(C)C[C@@H](NC/C=C/c1cc(F)c(-c2cc(C(N)=O)c(NC(N)=O)s2)cc1F)C(=O)OC1CCCC1. The lowest BCUT2D eigenvalue weighted by Gasteiger charge is -2.21. The number of benzene rings is 1. The van der Waals surface area contributed by atoms with Crippen LogP contribution < -0.4 is 22.1 Å². The highest BCUT2D eigenvalue weighted by atomic mass is 32.1. The molecule has 11 heteroatoms. The average molecular weight is 535 g/mol. The highest BCUT2D eigenvalue weighted by molar-refractivity contribution is 7.20. The van der Waals surface area contributed by atoms with Crippen molar-refractivity contribution < 1.29 is 27.9 Å². The summed E-state index contributed by atoms with van der Waals surface area (Å²) in [5, 5.41) is 5.45. The first-order valence-electron chi connectivity index (χ1n) is 12.1. The van der Waals surface area contributed by atoms with Crippen LogP contribution >= 0.6 is 11.3 Å². The van der Waals surface area contributed by atoms with E-state index in [-0.39, 0.29) is 51.1 Å². The molecule has 1 aliphatic rings. The number of primary amides is 2. The first kappa shape index (κ1) is 28.3. The smallest absolute Gasteiger partial charge is 0.323 e. The van der Waals surface area contributed by atoms with Gasteiger partial charge in [-0.1, -0.05) is 26.0 Å². The Hall–Kier alpha value is -3.31. The highest BCUT2D eigenvalue weighted by Gasteiger charge is 2.25. The molecule has 0 spiro atoms. The summed E-state index contributed by atoms with van der Waals surface area (Å²) in [6.07, 6.45) is 7.50. The number of anilines is 1. The minimum atomic E-state index is -0.918. The van der Waals surface area contributed by atoms with Crippen LogP contribution in [0.15, 0.2) is 24.3 Å². The number of halogens is 2. The fourth-order valence-electron chi connectivity index (χ4n) is 4.17. The molecular weight excluding hydrogens is 502 g/mol. The summed E-state index contributed by atoms with van der Waals surface area (Å²) >= 11 is 0.850. The van der Waals surface area contributed by atoms with Gasteiger partial charge in [0.05, 0.1) is 5.56 Å². The molecule has 1 saturated carbocycles. The zero-order valence-corrected chi connectivity index (χ0v) is 21.6. The van der Waals surface area contributed by atoms with Crippen molar-refractivity contribution in [3.05, 3.63) is 47.0 Å². The molecule has 2 aromatic rings. The molecule has 0 saturated heterocycles. The van der Waals surface area contributed by atoms with Gasteiger partial charge >= 0.3 is 12.0 Å². The minimum Gasteiger partial charge on any atom is -0.461 e. The lowest BCUT2D eigenvalue weighted by molar-refractivity contribution is -0.151. The van der Waals surface area contributed by atoms with Crippen LogP contribution in [0.5, 0.6) is 0 Å². The Kier molecular flexibility index (Phi) is 9.76. The summed E-state index contributed by atoms with van der Waals surface area (Å²) in [7, 11) is 0. The van der Waals surface area contributed by atoms with E-state index in [0.717, 1.165) is 49.2 Å². The van der Waals surface area contributed by atoms with Crippen LogP contribution in [0, 0.1) is 17.6 Å². The molecule has 200 valence electrons. The van der Waals surface area contributed by atoms with Crippen molar-refractivity contribution in [3.8, 4) is 10.4 Å². The van der Waals surface area contributed by atoms with E-state index in [4.69, 9.17) is 16.2 Å². The molecule has 0 unspecified atom stereocenters. The van der Waals surface area contributed by atoms with Crippen LogP contribution in [0.3, 0.4) is 0 Å². The molecule has 1 fully saturated rings. The first-order valence-corrected chi connectivity index (χ1v) is 13.0. The predicted octanol–water partition coefficient (Wildman–Crippen LogP) is 4.79. The van der Waals surface area contributed by atoms with Gasteiger partial charge in [-0.25, -0.2) is 13.6 Å². The molecule has 0 aliphatic heterocycles. The molecule has 1 heterocycles. The third-order valence-electron chi connectivity index (χ3n) is 5.94. The normalized spacial score (nSPS) is 14.8. The van der Waals surface area contributed by atoms with Crippen molar-refractivity contribution in [2.75, 3.05) is 11.9 Å². The zero-order valence-electron chi connectivity index (χ0n) is 20.8. The number of esters is 1. The quantitative estimate of drug-likeness (QED) is 0.307. The van der Waals surface area contributed by atoms with Crippen LogP contribution in [-0.4, -0.2) is 36.6 Å². The van der Waals surface area contributed by atoms with E-state index in [2.05, 4.69) is 10.6 Å². The summed E-state index contributed by atoms with van der Waals surface area (Å²) in [6, 6.07) is 1.91. The van der Waals surface area contributed by atoms with Crippen molar-refractivity contribution >= 4 is 40.3 Å². The van der Waals surface area contributed by atoms with Crippen molar-refractivity contribution in [1.29, 1.82) is 0 Å². The summed E-state index contributed by atoms with van der Waals surface area (Å²) in [6.45, 7) is 4.29. The van der Waals surface area contributed by atoms with Gasteiger partial charge in [0, 0.05) is 22.5 Å². The number of hydrogen-bond donors (Lipinski definition) is 4. The number of amides is 3. The summed E-state index contributed by atoms with van der Waals surface area (Å²) in [4.78, 5) is 35.7. The fraction of sp³-hybridized carbons (Fsp3) is 0.423. The van der Waals surface area contributed by atoms with Crippen molar-refractivity contribution in [2.45, 2.75) is 58.1 Å². The minimum absolute atomic E-state index is 0.0131. The van der Waals surface area contributed by atoms with Crippen LogP contribution in [-0.2, 0) is 9.53 Å². The number of carbonyl (C=O) groups excluding carboxylic acids is 3. The number of ether oxygens (including phenoxy) is 1. The number of nitrogens with two attached hydrogens (primary N) is 2. The Morgan fingerprint density at radius 1 is 1.14 bits per heavy atom. The van der Waals surface area contributed by atoms with Crippen LogP contribution in [0.2, 0.25) is 0 Å². The van der Waals surface area contributed by atoms with Crippen LogP contribution in [0.1, 0.15) is 61.9 Å². The number of carbonyl (C=O) groups is 3.